The Bertz CT molecular complexity index is 888. The topological polar surface area (TPSA) is 145 Å². The number of rotatable bonds is 5. The van der Waals surface area contributed by atoms with Crippen molar-refractivity contribution in [3.8, 4) is 6.07 Å². The van der Waals surface area contributed by atoms with E-state index in [0.717, 1.165) is 33.5 Å². The summed E-state index contributed by atoms with van der Waals surface area (Å²) in [6.07, 6.45) is -0.0949. The molecule has 1 N–H and O–H groups in total. The molecule has 1 amide bonds. The summed E-state index contributed by atoms with van der Waals surface area (Å²) in [5.41, 5.74) is -1.42. The normalized spacial score (nSPS) is 21.4. The Morgan fingerprint density at radius 3 is 2.42 bits per heavy atom. The Kier molecular flexibility index (Phi) is 4.33. The first kappa shape index (κ1) is 18.1. The van der Waals surface area contributed by atoms with Gasteiger partial charge in [-0.15, -0.1) is 0 Å². The molecular weight excluding hydrogens is 364 g/mol. The zero-order valence-electron chi connectivity index (χ0n) is 13.6. The molecule has 0 aromatic heterocycles. The molecule has 1 saturated carbocycles. The summed E-state index contributed by atoms with van der Waals surface area (Å²) in [5, 5.41) is 29.4. The van der Waals surface area contributed by atoms with Crippen LogP contribution in [0.4, 0.5) is 10.5 Å². The van der Waals surface area contributed by atoms with Gasteiger partial charge in [0.1, 0.15) is 5.54 Å². The van der Waals surface area contributed by atoms with Gasteiger partial charge in [-0.1, -0.05) is 0 Å². The molecule has 1 aromatic carbocycles. The molecule has 0 unspecified atom stereocenters. The fourth-order valence-corrected chi connectivity index (χ4v) is 5.19. The molecule has 1 aliphatic heterocycles. The fourth-order valence-electron chi connectivity index (χ4n) is 3.24. The minimum Gasteiger partial charge on any atom is -0.465 e. The summed E-state index contributed by atoms with van der Waals surface area (Å²) in [5.74, 6) is 0. The number of likely N-dealkylation sites (tertiary alicyclic amines) is 1. The predicted octanol–water partition coefficient (Wildman–Crippen LogP) is 1.39. The third-order valence-corrected chi connectivity index (χ3v) is 6.76. The van der Waals surface area contributed by atoms with E-state index in [0.29, 0.717) is 19.3 Å². The van der Waals surface area contributed by atoms with Crippen molar-refractivity contribution in [3.05, 3.63) is 34.4 Å². The summed E-state index contributed by atoms with van der Waals surface area (Å²) in [6.45, 7) is 0.179. The van der Waals surface area contributed by atoms with Crippen LogP contribution in [0.15, 0.2) is 29.2 Å². The van der Waals surface area contributed by atoms with Gasteiger partial charge >= 0.3 is 6.09 Å². The zero-order chi connectivity index (χ0) is 19.1. The Labute approximate surface area is 149 Å². The Morgan fingerprint density at radius 1 is 1.38 bits per heavy atom. The third-order valence-electron chi connectivity index (χ3n) is 4.72. The molecular formula is C15H16N4O6S. The van der Waals surface area contributed by atoms with Crippen molar-refractivity contribution < 1.29 is 23.2 Å². The molecule has 2 aliphatic rings. The van der Waals surface area contributed by atoms with E-state index in [9.17, 15) is 28.6 Å². The van der Waals surface area contributed by atoms with Crippen LogP contribution in [0.2, 0.25) is 0 Å². The second-order valence-corrected chi connectivity index (χ2v) is 8.18. The first-order valence-electron chi connectivity index (χ1n) is 7.89. The Morgan fingerprint density at radius 2 is 2.00 bits per heavy atom. The SMILES string of the molecule is N#CC1(N([C@@H]2CCN(C(=O)O)C2)S(=O)(=O)c2ccc([N+](=O)[O-])cc2)CC1. The number of hydrogen-bond donors (Lipinski definition) is 1. The average molecular weight is 380 g/mol. The number of nitro groups is 1. The number of amides is 1. The number of carboxylic acid groups (broad SMARTS) is 1. The predicted molar refractivity (Wildman–Crippen MR) is 87.7 cm³/mol. The number of benzene rings is 1. The minimum absolute atomic E-state index is 0.00895. The van der Waals surface area contributed by atoms with Gasteiger partial charge in [0.15, 0.2) is 0 Å². The molecule has 0 radical (unpaired) electrons. The summed E-state index contributed by atoms with van der Waals surface area (Å²) in [6, 6.07) is 5.87. The first-order chi connectivity index (χ1) is 12.2. The quantitative estimate of drug-likeness (QED) is 0.600. The Balaban J connectivity index is 1.98. The van der Waals surface area contributed by atoms with Crippen LogP contribution in [0, 0.1) is 21.4 Å². The molecule has 0 spiro atoms. The van der Waals surface area contributed by atoms with E-state index >= 15 is 0 Å². The van der Waals surface area contributed by atoms with E-state index in [-0.39, 0.29) is 23.7 Å². The van der Waals surface area contributed by atoms with Crippen molar-refractivity contribution >= 4 is 21.8 Å². The molecule has 3 rings (SSSR count). The lowest BCUT2D eigenvalue weighted by Crippen LogP contribution is -2.49. The maximum absolute atomic E-state index is 13.2. The third kappa shape index (κ3) is 2.97. The van der Waals surface area contributed by atoms with Gasteiger partial charge in [-0.05, 0) is 31.4 Å². The highest BCUT2D eigenvalue weighted by molar-refractivity contribution is 7.89. The van der Waals surface area contributed by atoms with Crippen molar-refractivity contribution in [3.63, 3.8) is 0 Å². The van der Waals surface area contributed by atoms with Crippen molar-refractivity contribution in [2.24, 2.45) is 0 Å². The molecule has 26 heavy (non-hydrogen) atoms. The van der Waals surface area contributed by atoms with E-state index in [1.807, 2.05) is 0 Å². The monoisotopic (exact) mass is 380 g/mol. The number of carbonyl (C=O) groups is 1. The largest absolute Gasteiger partial charge is 0.465 e. The van der Waals surface area contributed by atoms with E-state index in [1.54, 1.807) is 0 Å². The summed E-state index contributed by atoms with van der Waals surface area (Å²) in [4.78, 5) is 22.3. The van der Waals surface area contributed by atoms with Crippen LogP contribution >= 0.6 is 0 Å². The summed E-state index contributed by atoms with van der Waals surface area (Å²) >= 11 is 0. The van der Waals surface area contributed by atoms with E-state index in [1.165, 1.54) is 0 Å². The molecule has 2 fully saturated rings. The van der Waals surface area contributed by atoms with Crippen LogP contribution in [-0.4, -0.2) is 58.4 Å². The number of hydrogen-bond acceptors (Lipinski definition) is 6. The van der Waals surface area contributed by atoms with Crippen LogP contribution in [-0.2, 0) is 10.0 Å². The van der Waals surface area contributed by atoms with Gasteiger partial charge in [0.2, 0.25) is 10.0 Å². The molecule has 11 heteroatoms. The van der Waals surface area contributed by atoms with Crippen molar-refractivity contribution in [2.75, 3.05) is 13.1 Å². The lowest BCUT2D eigenvalue weighted by Gasteiger charge is -2.31. The molecule has 1 atom stereocenters. The zero-order valence-corrected chi connectivity index (χ0v) is 14.4. The number of non-ortho nitro benzene ring substituents is 1. The molecule has 1 aliphatic carbocycles. The van der Waals surface area contributed by atoms with Crippen LogP contribution in [0.1, 0.15) is 19.3 Å². The lowest BCUT2D eigenvalue weighted by atomic mass is 10.2. The summed E-state index contributed by atoms with van der Waals surface area (Å²) < 4.78 is 27.4. The number of nitrogens with zero attached hydrogens (tertiary/aromatic N) is 4. The van der Waals surface area contributed by atoms with Gasteiger partial charge in [-0.2, -0.15) is 9.57 Å². The number of nitro benzene ring substituents is 1. The smallest absolute Gasteiger partial charge is 0.407 e. The van der Waals surface area contributed by atoms with Crippen molar-refractivity contribution in [1.29, 1.82) is 5.26 Å². The van der Waals surface area contributed by atoms with Crippen LogP contribution in [0.3, 0.4) is 0 Å². The van der Waals surface area contributed by atoms with Crippen molar-refractivity contribution in [2.45, 2.75) is 35.7 Å². The molecule has 0 bridgehead atoms. The van der Waals surface area contributed by atoms with Crippen molar-refractivity contribution in [1.82, 2.24) is 9.21 Å². The highest BCUT2D eigenvalue weighted by atomic mass is 32.2. The van der Waals surface area contributed by atoms with E-state index in [4.69, 9.17) is 5.11 Å². The number of nitriles is 1. The van der Waals surface area contributed by atoms with Gasteiger partial charge in [0.25, 0.3) is 5.69 Å². The van der Waals surface area contributed by atoms with E-state index < -0.39 is 32.6 Å². The van der Waals surface area contributed by atoms with Crippen LogP contribution in [0.5, 0.6) is 0 Å². The standard InChI is InChI=1S/C15H16N4O6S/c16-10-15(6-7-15)18(12-5-8-17(9-12)14(20)21)26(24,25)13-3-1-11(2-4-13)19(22)23/h1-4,12H,5-9H2,(H,20,21)/t12-/m1/s1. The second-order valence-electron chi connectivity index (χ2n) is 6.37. The van der Waals surface area contributed by atoms with Crippen LogP contribution < -0.4 is 0 Å². The average Bonchev–Trinajstić information content (AvgIpc) is 3.22. The lowest BCUT2D eigenvalue weighted by molar-refractivity contribution is -0.384. The Hall–Kier alpha value is -2.71. The number of sulfonamides is 1. The molecule has 10 nitrogen and oxygen atoms in total. The minimum atomic E-state index is -4.11. The second kappa shape index (κ2) is 6.22. The molecule has 1 heterocycles. The fraction of sp³-hybridized carbons (Fsp3) is 0.467. The summed E-state index contributed by atoms with van der Waals surface area (Å²) in [7, 11) is -4.11. The van der Waals surface area contributed by atoms with Gasteiger partial charge in [0.05, 0.1) is 15.9 Å². The van der Waals surface area contributed by atoms with Gasteiger partial charge < -0.3 is 10.0 Å². The molecule has 1 saturated heterocycles. The highest BCUT2D eigenvalue weighted by Gasteiger charge is 2.57. The van der Waals surface area contributed by atoms with E-state index in [2.05, 4.69) is 6.07 Å². The maximum atomic E-state index is 13.2. The molecule has 138 valence electrons. The van der Waals surface area contributed by atoms with Crippen LogP contribution in [0.25, 0.3) is 0 Å². The van der Waals surface area contributed by atoms with Gasteiger partial charge in [-0.25, -0.2) is 13.2 Å². The van der Waals surface area contributed by atoms with Gasteiger partial charge in [-0.3, -0.25) is 10.1 Å². The first-order valence-corrected chi connectivity index (χ1v) is 9.33. The highest BCUT2D eigenvalue weighted by Crippen LogP contribution is 2.46. The maximum Gasteiger partial charge on any atom is 0.407 e. The molecule has 1 aromatic rings. The van der Waals surface area contributed by atoms with Gasteiger partial charge in [0, 0.05) is 31.3 Å².